The lowest BCUT2D eigenvalue weighted by Crippen LogP contribution is -2.49. The maximum Gasteiger partial charge on any atom is 0.132 e. The molecule has 2 nitrogen and oxygen atoms in total. The third kappa shape index (κ3) is 2.22. The van der Waals surface area contributed by atoms with Crippen LogP contribution in [0.2, 0.25) is 0 Å². The Balaban J connectivity index is 3.15. The highest BCUT2D eigenvalue weighted by Crippen LogP contribution is 2.36. The minimum Gasteiger partial charge on any atom is -0.351 e. The van der Waals surface area contributed by atoms with Crippen LogP contribution in [0.4, 0.5) is 0 Å². The van der Waals surface area contributed by atoms with E-state index in [1.165, 1.54) is 0 Å². The van der Waals surface area contributed by atoms with Crippen molar-refractivity contribution in [2.24, 2.45) is 15.8 Å². The average molecular weight is 226 g/mol. The molecular weight excluding hydrogens is 204 g/mol. The molecule has 1 unspecified atom stereocenters. The molecule has 1 N–H and O–H groups in total. The highest BCUT2D eigenvalue weighted by Gasteiger charge is 2.44. The molecule has 0 aliphatic carbocycles. The second-order valence-electron chi connectivity index (χ2n) is 6.49. The lowest BCUT2D eigenvalue weighted by Gasteiger charge is -2.36. The van der Waals surface area contributed by atoms with Crippen LogP contribution in [0.1, 0.15) is 48.5 Å². The van der Waals surface area contributed by atoms with Gasteiger partial charge in [0.25, 0.3) is 0 Å². The molecule has 86 valence electrons. The maximum absolute atomic E-state index is 5.36. The van der Waals surface area contributed by atoms with E-state index in [0.717, 1.165) is 10.7 Å². The molecule has 0 fully saturated rings. The van der Waals surface area contributed by atoms with Gasteiger partial charge in [0.15, 0.2) is 0 Å². The van der Waals surface area contributed by atoms with E-state index < -0.39 is 0 Å². The first-order valence-electron chi connectivity index (χ1n) is 5.40. The van der Waals surface area contributed by atoms with Crippen molar-refractivity contribution in [3.05, 3.63) is 0 Å². The summed E-state index contributed by atoms with van der Waals surface area (Å²) in [5, 5.41) is 3.35. The number of rotatable bonds is 0. The predicted octanol–water partition coefficient (Wildman–Crippen LogP) is 3.17. The van der Waals surface area contributed by atoms with Crippen LogP contribution < -0.4 is 5.32 Å². The fourth-order valence-electron chi connectivity index (χ4n) is 1.45. The van der Waals surface area contributed by atoms with Gasteiger partial charge < -0.3 is 5.32 Å². The fraction of sp³-hybridized carbons (Fsp3) is 0.833. The Kier molecular flexibility index (Phi) is 2.76. The fourth-order valence-corrected chi connectivity index (χ4v) is 2.00. The van der Waals surface area contributed by atoms with Crippen molar-refractivity contribution >= 4 is 22.9 Å². The standard InChI is InChI=1S/C12H22N2S/c1-10(2,3)8-9(15)14-12(7,13-8)11(4,5)6/h1-7H3,(H,14,15). The van der Waals surface area contributed by atoms with Gasteiger partial charge in [0, 0.05) is 10.8 Å². The summed E-state index contributed by atoms with van der Waals surface area (Å²) in [6.45, 7) is 15.1. The largest absolute Gasteiger partial charge is 0.351 e. The second kappa shape index (κ2) is 3.27. The minimum absolute atomic E-state index is 0.0209. The number of hydrogen-bond donors (Lipinski definition) is 1. The molecule has 1 aliphatic rings. The lowest BCUT2D eigenvalue weighted by atomic mass is 9.82. The van der Waals surface area contributed by atoms with Gasteiger partial charge in [0.2, 0.25) is 0 Å². The molecule has 0 saturated heterocycles. The third-order valence-corrected chi connectivity index (χ3v) is 3.37. The Hall–Kier alpha value is -0.440. The zero-order valence-corrected chi connectivity index (χ0v) is 11.7. The molecule has 1 heterocycles. The number of thiocarbonyl (C=S) groups is 1. The van der Waals surface area contributed by atoms with E-state index in [0.29, 0.717) is 0 Å². The summed E-state index contributed by atoms with van der Waals surface area (Å²) in [6.07, 6.45) is 0. The minimum atomic E-state index is -0.271. The van der Waals surface area contributed by atoms with Crippen molar-refractivity contribution in [2.45, 2.75) is 54.1 Å². The van der Waals surface area contributed by atoms with Gasteiger partial charge in [-0.2, -0.15) is 0 Å². The van der Waals surface area contributed by atoms with Gasteiger partial charge in [0.05, 0.1) is 5.71 Å². The zero-order chi connectivity index (χ0) is 12.1. The molecule has 1 rings (SSSR count). The van der Waals surface area contributed by atoms with Crippen LogP contribution in [-0.2, 0) is 0 Å². The van der Waals surface area contributed by atoms with Gasteiger partial charge >= 0.3 is 0 Å². The van der Waals surface area contributed by atoms with Crippen molar-refractivity contribution in [3.63, 3.8) is 0 Å². The first-order chi connectivity index (χ1) is 6.47. The van der Waals surface area contributed by atoms with E-state index in [-0.39, 0.29) is 16.5 Å². The maximum atomic E-state index is 5.36. The van der Waals surface area contributed by atoms with E-state index in [1.54, 1.807) is 0 Å². The van der Waals surface area contributed by atoms with Crippen LogP contribution in [0.5, 0.6) is 0 Å². The van der Waals surface area contributed by atoms with Crippen LogP contribution in [0, 0.1) is 10.8 Å². The third-order valence-electron chi connectivity index (χ3n) is 3.08. The summed E-state index contributed by atoms with van der Waals surface area (Å²) in [7, 11) is 0. The van der Waals surface area contributed by atoms with Crippen LogP contribution in [0.25, 0.3) is 0 Å². The van der Waals surface area contributed by atoms with Gasteiger partial charge in [-0.1, -0.05) is 53.8 Å². The first kappa shape index (κ1) is 12.6. The highest BCUT2D eigenvalue weighted by molar-refractivity contribution is 7.82. The summed E-state index contributed by atoms with van der Waals surface area (Å²) < 4.78 is 0. The first-order valence-corrected chi connectivity index (χ1v) is 5.81. The van der Waals surface area contributed by atoms with Crippen LogP contribution in [0.15, 0.2) is 4.99 Å². The zero-order valence-electron chi connectivity index (χ0n) is 10.9. The predicted molar refractivity (Wildman–Crippen MR) is 70.5 cm³/mol. The summed E-state index contributed by atoms with van der Waals surface area (Å²) in [5.74, 6) is 0. The summed E-state index contributed by atoms with van der Waals surface area (Å²) in [6, 6.07) is 0. The van der Waals surface area contributed by atoms with Gasteiger partial charge in [-0.05, 0) is 6.92 Å². The molecule has 0 aromatic carbocycles. The summed E-state index contributed by atoms with van der Waals surface area (Å²) in [5.41, 5.74) is 0.832. The molecule has 1 atom stereocenters. The summed E-state index contributed by atoms with van der Waals surface area (Å²) >= 11 is 5.36. The molecule has 0 bridgehead atoms. The van der Waals surface area contributed by atoms with E-state index in [9.17, 15) is 0 Å². The van der Waals surface area contributed by atoms with E-state index in [4.69, 9.17) is 17.2 Å². The molecule has 15 heavy (non-hydrogen) atoms. The molecule has 0 spiro atoms. The SMILES string of the molecule is CC(C)(C)C1=NC(C)(C(C)(C)C)NC1=S. The quantitative estimate of drug-likeness (QED) is 0.642. The van der Waals surface area contributed by atoms with E-state index in [1.807, 2.05) is 0 Å². The van der Waals surface area contributed by atoms with E-state index in [2.05, 4.69) is 53.8 Å². The smallest absolute Gasteiger partial charge is 0.132 e. The lowest BCUT2D eigenvalue weighted by molar-refractivity contribution is 0.200. The molecule has 0 aromatic rings. The molecule has 0 radical (unpaired) electrons. The van der Waals surface area contributed by atoms with E-state index >= 15 is 0 Å². The van der Waals surface area contributed by atoms with Crippen molar-refractivity contribution in [1.29, 1.82) is 0 Å². The number of hydrogen-bond acceptors (Lipinski definition) is 2. The Labute approximate surface area is 98.6 Å². The Morgan fingerprint density at radius 3 is 1.80 bits per heavy atom. The van der Waals surface area contributed by atoms with Gasteiger partial charge in [-0.15, -0.1) is 0 Å². The van der Waals surface area contributed by atoms with Crippen LogP contribution in [-0.4, -0.2) is 16.4 Å². The Morgan fingerprint density at radius 2 is 1.60 bits per heavy atom. The van der Waals surface area contributed by atoms with Gasteiger partial charge in [0.1, 0.15) is 10.7 Å². The van der Waals surface area contributed by atoms with Gasteiger partial charge in [-0.25, -0.2) is 0 Å². The molecule has 0 aromatic heterocycles. The molecule has 1 aliphatic heterocycles. The monoisotopic (exact) mass is 226 g/mol. The molecule has 0 amide bonds. The number of nitrogens with one attached hydrogen (secondary N) is 1. The van der Waals surface area contributed by atoms with Crippen molar-refractivity contribution in [1.82, 2.24) is 5.32 Å². The van der Waals surface area contributed by atoms with Crippen molar-refractivity contribution < 1.29 is 0 Å². The Morgan fingerprint density at radius 1 is 1.13 bits per heavy atom. The van der Waals surface area contributed by atoms with Crippen molar-refractivity contribution in [2.75, 3.05) is 0 Å². The Bertz CT molecular complexity index is 317. The molecular formula is C12H22N2S. The molecule has 3 heteroatoms. The summed E-state index contributed by atoms with van der Waals surface area (Å²) in [4.78, 5) is 5.61. The van der Waals surface area contributed by atoms with Crippen LogP contribution >= 0.6 is 12.2 Å². The topological polar surface area (TPSA) is 24.4 Å². The van der Waals surface area contributed by atoms with Crippen molar-refractivity contribution in [3.8, 4) is 0 Å². The average Bonchev–Trinajstić information content (AvgIpc) is 2.24. The van der Waals surface area contributed by atoms with Crippen LogP contribution in [0.3, 0.4) is 0 Å². The highest BCUT2D eigenvalue weighted by atomic mass is 32.1. The number of nitrogens with zero attached hydrogens (tertiary/aromatic N) is 1. The normalized spacial score (nSPS) is 27.7. The van der Waals surface area contributed by atoms with Gasteiger partial charge in [-0.3, -0.25) is 4.99 Å². The molecule has 0 saturated carbocycles. The number of aliphatic imine (C=N–C) groups is 1. The second-order valence-corrected chi connectivity index (χ2v) is 6.89.